The van der Waals surface area contributed by atoms with Crippen LogP contribution in [0.5, 0.6) is 11.5 Å². The van der Waals surface area contributed by atoms with Gasteiger partial charge in [0.05, 0.1) is 24.5 Å². The number of amides is 3. The molecule has 2 aromatic carbocycles. The molecule has 0 unspecified atom stereocenters. The first-order valence-electron chi connectivity index (χ1n) is 14.1. The molecule has 3 aliphatic heterocycles. The molecular formula is C31H35N3O6. The Kier molecular flexibility index (Phi) is 7.33. The summed E-state index contributed by atoms with van der Waals surface area (Å²) in [6.07, 6.45) is 8.27. The van der Waals surface area contributed by atoms with Crippen LogP contribution in [0.3, 0.4) is 0 Å². The number of methoxy groups -OCH3 is 1. The fourth-order valence-corrected chi connectivity index (χ4v) is 6.68. The van der Waals surface area contributed by atoms with Crippen LogP contribution < -0.4 is 15.4 Å². The number of carbonyl (C=O) groups is 3. The number of hydrogen-bond donors (Lipinski definition) is 2. The molecule has 4 aliphatic rings. The molecule has 0 aromatic heterocycles. The molecule has 210 valence electrons. The molecule has 2 aromatic rings. The molecule has 2 saturated heterocycles. The number of hydrogen-bond acceptors (Lipinski definition) is 6. The number of rotatable bonds is 9. The number of benzene rings is 2. The highest BCUT2D eigenvalue weighted by atomic mass is 16.5. The first-order valence-corrected chi connectivity index (χ1v) is 14.1. The third kappa shape index (κ3) is 4.77. The van der Waals surface area contributed by atoms with Crippen molar-refractivity contribution >= 4 is 23.4 Å². The third-order valence-electron chi connectivity index (χ3n) is 8.51. The fraction of sp³-hybridized carbons (Fsp3) is 0.452. The van der Waals surface area contributed by atoms with Gasteiger partial charge in [0.1, 0.15) is 23.1 Å². The molecule has 40 heavy (non-hydrogen) atoms. The highest BCUT2D eigenvalue weighted by molar-refractivity contribution is 6.02. The Morgan fingerprint density at radius 2 is 1.73 bits per heavy atom. The molecular weight excluding hydrogens is 510 g/mol. The number of fused-ring (bicyclic) bond motifs is 1. The van der Waals surface area contributed by atoms with Crippen LogP contribution in [0.4, 0.5) is 5.69 Å². The number of nitrogens with zero attached hydrogens (tertiary/aromatic N) is 1. The summed E-state index contributed by atoms with van der Waals surface area (Å²) >= 11 is 0. The van der Waals surface area contributed by atoms with Gasteiger partial charge in [-0.1, -0.05) is 49.6 Å². The number of carbonyl (C=O) groups excluding carboxylic acids is 3. The maximum Gasteiger partial charge on any atom is 0.246 e. The van der Waals surface area contributed by atoms with E-state index in [0.717, 1.165) is 31.4 Å². The monoisotopic (exact) mass is 545 g/mol. The van der Waals surface area contributed by atoms with E-state index in [-0.39, 0.29) is 36.9 Å². The Bertz CT molecular complexity index is 1280. The minimum Gasteiger partial charge on any atom is -0.457 e. The quantitative estimate of drug-likeness (QED) is 0.466. The molecule has 3 fully saturated rings. The Balaban J connectivity index is 1.20. The number of likely N-dealkylation sites (tertiary alicyclic amines) is 1. The van der Waals surface area contributed by atoms with E-state index in [1.807, 2.05) is 42.5 Å². The first kappa shape index (κ1) is 26.5. The highest BCUT2D eigenvalue weighted by Gasteiger charge is 2.72. The largest absolute Gasteiger partial charge is 0.457 e. The molecule has 2 bridgehead atoms. The van der Waals surface area contributed by atoms with Crippen molar-refractivity contribution in [3.63, 3.8) is 0 Å². The maximum absolute atomic E-state index is 13.9. The van der Waals surface area contributed by atoms with Crippen LogP contribution >= 0.6 is 0 Å². The summed E-state index contributed by atoms with van der Waals surface area (Å²) in [7, 11) is 1.56. The summed E-state index contributed by atoms with van der Waals surface area (Å²) in [6.45, 7) is 0.526. The summed E-state index contributed by atoms with van der Waals surface area (Å²) in [6, 6.07) is 15.8. The molecule has 1 spiro atoms. The molecule has 5 atom stereocenters. The minimum atomic E-state index is -1.18. The molecule has 0 radical (unpaired) electrons. The summed E-state index contributed by atoms with van der Waals surface area (Å²) in [5, 5.41) is 6.14. The Labute approximate surface area is 233 Å². The van der Waals surface area contributed by atoms with Gasteiger partial charge in [0.25, 0.3) is 0 Å². The van der Waals surface area contributed by atoms with Gasteiger partial charge in [-0.15, -0.1) is 0 Å². The van der Waals surface area contributed by atoms with Crippen LogP contribution in [-0.2, 0) is 23.9 Å². The van der Waals surface area contributed by atoms with E-state index in [4.69, 9.17) is 14.2 Å². The summed E-state index contributed by atoms with van der Waals surface area (Å²) in [4.78, 5) is 42.7. The van der Waals surface area contributed by atoms with Crippen molar-refractivity contribution in [1.29, 1.82) is 0 Å². The van der Waals surface area contributed by atoms with Gasteiger partial charge in [-0.25, -0.2) is 0 Å². The number of anilines is 1. The van der Waals surface area contributed by atoms with E-state index < -0.39 is 29.6 Å². The van der Waals surface area contributed by atoms with E-state index in [0.29, 0.717) is 11.4 Å². The standard InChI is InChI=1S/C31H35N3O6/c1-38-19-18-34-27(29(36)33-20-8-4-2-5-9-20)31-17-16-24(40-31)25(26(31)30(34)37)28(35)32-21-12-14-23(15-13-21)39-22-10-6-3-7-11-22/h3,6-7,10-17,20,24-27H,2,4-5,8-9,18-19H2,1H3,(H,32,35)(H,33,36)/t24-,25-,26-,27+,31+/m1/s1. The van der Waals surface area contributed by atoms with Crippen molar-refractivity contribution in [3.05, 3.63) is 66.7 Å². The average molecular weight is 546 g/mol. The van der Waals surface area contributed by atoms with Crippen LogP contribution in [0.25, 0.3) is 0 Å². The van der Waals surface area contributed by atoms with Crippen molar-refractivity contribution in [2.75, 3.05) is 25.6 Å². The highest BCUT2D eigenvalue weighted by Crippen LogP contribution is 2.55. The predicted octanol–water partition coefficient (Wildman–Crippen LogP) is 3.66. The van der Waals surface area contributed by atoms with Crippen LogP contribution in [0.2, 0.25) is 0 Å². The molecule has 9 heteroatoms. The average Bonchev–Trinajstić information content (AvgIpc) is 3.61. The lowest BCUT2D eigenvalue weighted by Crippen LogP contribution is -2.57. The Morgan fingerprint density at radius 1 is 1.00 bits per heavy atom. The Hall–Kier alpha value is -3.69. The van der Waals surface area contributed by atoms with E-state index in [1.54, 1.807) is 36.3 Å². The van der Waals surface area contributed by atoms with Crippen LogP contribution in [0.15, 0.2) is 66.7 Å². The lowest BCUT2D eigenvalue weighted by Gasteiger charge is -2.34. The molecule has 3 heterocycles. The van der Waals surface area contributed by atoms with Gasteiger partial charge in [0.2, 0.25) is 17.7 Å². The second-order valence-corrected chi connectivity index (χ2v) is 11.0. The van der Waals surface area contributed by atoms with Gasteiger partial charge in [-0.2, -0.15) is 0 Å². The second-order valence-electron chi connectivity index (χ2n) is 11.0. The van der Waals surface area contributed by atoms with E-state index in [2.05, 4.69) is 10.6 Å². The van der Waals surface area contributed by atoms with Crippen molar-refractivity contribution in [2.24, 2.45) is 11.8 Å². The zero-order valence-corrected chi connectivity index (χ0v) is 22.6. The molecule has 3 amide bonds. The van der Waals surface area contributed by atoms with E-state index in [1.165, 1.54) is 6.42 Å². The molecule has 6 rings (SSSR count). The lowest BCUT2D eigenvalue weighted by atomic mass is 9.74. The first-order chi connectivity index (χ1) is 19.5. The summed E-state index contributed by atoms with van der Waals surface area (Å²) in [5.41, 5.74) is -0.594. The Morgan fingerprint density at radius 3 is 2.45 bits per heavy atom. The van der Waals surface area contributed by atoms with Crippen molar-refractivity contribution in [2.45, 2.75) is 55.9 Å². The van der Waals surface area contributed by atoms with Crippen molar-refractivity contribution < 1.29 is 28.6 Å². The van der Waals surface area contributed by atoms with Gasteiger partial charge in [0.15, 0.2) is 0 Å². The van der Waals surface area contributed by atoms with Crippen LogP contribution in [-0.4, -0.2) is 66.7 Å². The normalized spacial score (nSPS) is 28.9. The maximum atomic E-state index is 13.9. The van der Waals surface area contributed by atoms with Crippen LogP contribution in [0.1, 0.15) is 32.1 Å². The molecule has 2 N–H and O–H groups in total. The predicted molar refractivity (Wildman–Crippen MR) is 148 cm³/mol. The lowest BCUT2D eigenvalue weighted by molar-refractivity contribution is -0.142. The van der Waals surface area contributed by atoms with Crippen molar-refractivity contribution in [3.8, 4) is 11.5 Å². The smallest absolute Gasteiger partial charge is 0.246 e. The summed E-state index contributed by atoms with van der Waals surface area (Å²) in [5.74, 6) is -0.973. The number of para-hydroxylation sites is 1. The van der Waals surface area contributed by atoms with E-state index in [9.17, 15) is 14.4 Å². The SMILES string of the molecule is COCCN1C(=O)[C@H]2[C@H](C(=O)Nc3ccc(Oc4ccccc4)cc3)[C@H]3C=C[C@@]2(O3)[C@@H]1C(=O)NC1CCCCC1. The van der Waals surface area contributed by atoms with Gasteiger partial charge in [-0.3, -0.25) is 14.4 Å². The third-order valence-corrected chi connectivity index (χ3v) is 8.51. The molecule has 1 saturated carbocycles. The molecule has 1 aliphatic carbocycles. The summed E-state index contributed by atoms with van der Waals surface area (Å²) < 4.78 is 17.5. The van der Waals surface area contributed by atoms with Gasteiger partial charge in [0, 0.05) is 25.4 Å². The second kappa shape index (κ2) is 11.1. The zero-order chi connectivity index (χ0) is 27.7. The number of nitrogens with one attached hydrogen (secondary N) is 2. The van der Waals surface area contributed by atoms with Gasteiger partial charge < -0.3 is 29.7 Å². The molecule has 9 nitrogen and oxygen atoms in total. The van der Waals surface area contributed by atoms with Gasteiger partial charge >= 0.3 is 0 Å². The topological polar surface area (TPSA) is 106 Å². The van der Waals surface area contributed by atoms with Crippen molar-refractivity contribution in [1.82, 2.24) is 10.2 Å². The van der Waals surface area contributed by atoms with Crippen LogP contribution in [0, 0.1) is 11.8 Å². The number of ether oxygens (including phenoxy) is 3. The zero-order valence-electron chi connectivity index (χ0n) is 22.6. The van der Waals surface area contributed by atoms with E-state index >= 15 is 0 Å². The minimum absolute atomic E-state index is 0.0894. The van der Waals surface area contributed by atoms with Gasteiger partial charge in [-0.05, 0) is 49.2 Å². The fourth-order valence-electron chi connectivity index (χ4n) is 6.68.